The number of hydrogen-bond donors (Lipinski definition) is 2. The van der Waals surface area contributed by atoms with E-state index in [2.05, 4.69) is 26.0 Å². The number of hydrogen-bond acceptors (Lipinski definition) is 3. The first-order valence-corrected chi connectivity index (χ1v) is 7.15. The summed E-state index contributed by atoms with van der Waals surface area (Å²) in [6, 6.07) is 8.28. The molecule has 19 heavy (non-hydrogen) atoms. The summed E-state index contributed by atoms with van der Waals surface area (Å²) in [5.74, 6) is 0.512. The van der Waals surface area contributed by atoms with Gasteiger partial charge < -0.3 is 15.6 Å². The zero-order valence-electron chi connectivity index (χ0n) is 11.9. The summed E-state index contributed by atoms with van der Waals surface area (Å²) in [7, 11) is 0. The highest BCUT2D eigenvalue weighted by atomic mass is 16.5. The second-order valence-corrected chi connectivity index (χ2v) is 5.90. The van der Waals surface area contributed by atoms with Crippen LogP contribution >= 0.6 is 0 Å². The third kappa shape index (κ3) is 2.99. The lowest BCUT2D eigenvalue weighted by molar-refractivity contribution is -0.0581. The fourth-order valence-electron chi connectivity index (χ4n) is 2.78. The Labute approximate surface area is 115 Å². The van der Waals surface area contributed by atoms with Gasteiger partial charge in [-0.2, -0.15) is 0 Å². The molecule has 0 saturated carbocycles. The first-order valence-electron chi connectivity index (χ1n) is 7.15. The van der Waals surface area contributed by atoms with Gasteiger partial charge >= 0.3 is 0 Å². The van der Waals surface area contributed by atoms with Crippen LogP contribution in [0.3, 0.4) is 0 Å². The zero-order valence-corrected chi connectivity index (χ0v) is 11.9. The van der Waals surface area contributed by atoms with Crippen molar-refractivity contribution in [3.8, 4) is 0 Å². The number of rotatable bonds is 4. The smallest absolute Gasteiger partial charge is 0.0860 e. The monoisotopic (exact) mass is 263 g/mol. The molecule has 1 atom stereocenters. The van der Waals surface area contributed by atoms with E-state index in [9.17, 15) is 5.11 Å². The molecule has 1 saturated heterocycles. The Kier molecular flexibility index (Phi) is 4.61. The maximum Gasteiger partial charge on any atom is 0.0860 e. The van der Waals surface area contributed by atoms with Crippen molar-refractivity contribution in [3.63, 3.8) is 0 Å². The zero-order chi connectivity index (χ0) is 13.9. The van der Waals surface area contributed by atoms with Crippen LogP contribution in [-0.2, 0) is 4.74 Å². The lowest BCUT2D eigenvalue weighted by Gasteiger charge is -2.40. The predicted molar refractivity (Wildman–Crippen MR) is 77.0 cm³/mol. The van der Waals surface area contributed by atoms with Crippen molar-refractivity contribution in [2.24, 2.45) is 11.1 Å². The fraction of sp³-hybridized carbons (Fsp3) is 0.625. The molecule has 1 aliphatic heterocycles. The number of aliphatic hydroxyl groups is 1. The number of nitrogens with two attached hydrogens (primary N) is 1. The fourth-order valence-corrected chi connectivity index (χ4v) is 2.78. The summed E-state index contributed by atoms with van der Waals surface area (Å²) in [5.41, 5.74) is 7.98. The first kappa shape index (κ1) is 14.5. The quantitative estimate of drug-likeness (QED) is 0.878. The van der Waals surface area contributed by atoms with Gasteiger partial charge in [0, 0.05) is 25.2 Å². The normalized spacial score (nSPS) is 20.5. The van der Waals surface area contributed by atoms with Crippen LogP contribution in [0.1, 0.15) is 49.8 Å². The molecule has 0 aliphatic carbocycles. The van der Waals surface area contributed by atoms with Gasteiger partial charge in [0.2, 0.25) is 0 Å². The second-order valence-electron chi connectivity index (χ2n) is 5.90. The molecule has 3 heteroatoms. The SMILES string of the molecule is CC(C)c1ccc([C@@H](O)C2(CN)CCOCC2)cc1. The molecule has 1 aromatic carbocycles. The summed E-state index contributed by atoms with van der Waals surface area (Å²) in [6.45, 7) is 6.23. The largest absolute Gasteiger partial charge is 0.388 e. The average molecular weight is 263 g/mol. The summed E-state index contributed by atoms with van der Waals surface area (Å²) in [5, 5.41) is 10.7. The molecule has 0 unspecified atom stereocenters. The summed E-state index contributed by atoms with van der Waals surface area (Å²) < 4.78 is 5.40. The Balaban J connectivity index is 2.19. The molecule has 0 bridgehead atoms. The third-order valence-corrected chi connectivity index (χ3v) is 4.39. The van der Waals surface area contributed by atoms with Crippen molar-refractivity contribution in [1.29, 1.82) is 0 Å². The maximum absolute atomic E-state index is 10.7. The highest BCUT2D eigenvalue weighted by Gasteiger charge is 2.39. The molecule has 1 aromatic rings. The maximum atomic E-state index is 10.7. The molecular formula is C16H25NO2. The first-order chi connectivity index (χ1) is 9.09. The Bertz CT molecular complexity index is 394. The minimum atomic E-state index is -0.498. The van der Waals surface area contributed by atoms with Crippen molar-refractivity contribution in [1.82, 2.24) is 0 Å². The standard InChI is InChI=1S/C16H25NO2/c1-12(2)13-3-5-14(6-4-13)15(18)16(11-17)7-9-19-10-8-16/h3-6,12,15,18H,7-11,17H2,1-2H3/t15-/m1/s1. The molecule has 2 rings (SSSR count). The van der Waals surface area contributed by atoms with Gasteiger partial charge in [-0.3, -0.25) is 0 Å². The third-order valence-electron chi connectivity index (χ3n) is 4.39. The molecule has 3 N–H and O–H groups in total. The van der Waals surface area contributed by atoms with E-state index in [-0.39, 0.29) is 5.41 Å². The van der Waals surface area contributed by atoms with Gasteiger partial charge in [0.1, 0.15) is 0 Å². The number of ether oxygens (including phenoxy) is 1. The van der Waals surface area contributed by atoms with Crippen molar-refractivity contribution in [2.45, 2.75) is 38.7 Å². The van der Waals surface area contributed by atoms with Crippen LogP contribution in [0.2, 0.25) is 0 Å². The van der Waals surface area contributed by atoms with E-state index in [1.807, 2.05) is 12.1 Å². The Morgan fingerprint density at radius 1 is 1.16 bits per heavy atom. The molecule has 1 heterocycles. The number of aliphatic hydroxyl groups excluding tert-OH is 1. The lowest BCUT2D eigenvalue weighted by Crippen LogP contribution is -2.41. The van der Waals surface area contributed by atoms with Gasteiger partial charge in [0.25, 0.3) is 0 Å². The highest BCUT2D eigenvalue weighted by Crippen LogP contribution is 2.41. The predicted octanol–water partition coefficient (Wildman–Crippen LogP) is 2.60. The van der Waals surface area contributed by atoms with Gasteiger partial charge in [-0.25, -0.2) is 0 Å². The minimum absolute atomic E-state index is 0.225. The summed E-state index contributed by atoms with van der Waals surface area (Å²) in [6.07, 6.45) is 1.16. The molecule has 1 fully saturated rings. The second kappa shape index (κ2) is 6.04. The van der Waals surface area contributed by atoms with Crippen LogP contribution in [0.4, 0.5) is 0 Å². The van der Waals surface area contributed by atoms with Gasteiger partial charge in [0.15, 0.2) is 0 Å². The topological polar surface area (TPSA) is 55.5 Å². The van der Waals surface area contributed by atoms with Crippen LogP contribution in [0.15, 0.2) is 24.3 Å². The van der Waals surface area contributed by atoms with Crippen molar-refractivity contribution in [3.05, 3.63) is 35.4 Å². The van der Waals surface area contributed by atoms with Gasteiger partial charge in [0.05, 0.1) is 6.10 Å². The van der Waals surface area contributed by atoms with Crippen molar-refractivity contribution >= 4 is 0 Å². The van der Waals surface area contributed by atoms with Gasteiger partial charge in [-0.05, 0) is 29.9 Å². The average Bonchev–Trinajstić information content (AvgIpc) is 2.47. The highest BCUT2D eigenvalue weighted by molar-refractivity contribution is 5.27. The molecule has 0 amide bonds. The van der Waals surface area contributed by atoms with E-state index >= 15 is 0 Å². The van der Waals surface area contributed by atoms with Crippen LogP contribution in [-0.4, -0.2) is 24.9 Å². The van der Waals surface area contributed by atoms with Crippen LogP contribution in [0.25, 0.3) is 0 Å². The van der Waals surface area contributed by atoms with E-state index in [0.29, 0.717) is 25.7 Å². The van der Waals surface area contributed by atoms with E-state index in [4.69, 9.17) is 10.5 Å². The Morgan fingerprint density at radius 2 is 1.68 bits per heavy atom. The van der Waals surface area contributed by atoms with Crippen molar-refractivity contribution < 1.29 is 9.84 Å². The molecule has 3 nitrogen and oxygen atoms in total. The van der Waals surface area contributed by atoms with E-state index < -0.39 is 6.10 Å². The Hall–Kier alpha value is -0.900. The van der Waals surface area contributed by atoms with Crippen LogP contribution < -0.4 is 5.73 Å². The van der Waals surface area contributed by atoms with E-state index in [1.54, 1.807) is 0 Å². The van der Waals surface area contributed by atoms with E-state index in [1.165, 1.54) is 5.56 Å². The number of benzene rings is 1. The lowest BCUT2D eigenvalue weighted by atomic mass is 9.73. The molecule has 106 valence electrons. The summed E-state index contributed by atoms with van der Waals surface area (Å²) in [4.78, 5) is 0. The molecule has 1 aliphatic rings. The van der Waals surface area contributed by atoms with Gasteiger partial charge in [-0.1, -0.05) is 38.1 Å². The van der Waals surface area contributed by atoms with Crippen LogP contribution in [0.5, 0.6) is 0 Å². The molecule has 0 spiro atoms. The van der Waals surface area contributed by atoms with E-state index in [0.717, 1.165) is 18.4 Å². The molecular weight excluding hydrogens is 238 g/mol. The van der Waals surface area contributed by atoms with Gasteiger partial charge in [-0.15, -0.1) is 0 Å². The molecule has 0 aromatic heterocycles. The van der Waals surface area contributed by atoms with Crippen LogP contribution in [0, 0.1) is 5.41 Å². The Morgan fingerprint density at radius 3 is 2.16 bits per heavy atom. The minimum Gasteiger partial charge on any atom is -0.388 e. The summed E-state index contributed by atoms with van der Waals surface area (Å²) >= 11 is 0. The van der Waals surface area contributed by atoms with Crippen molar-refractivity contribution in [2.75, 3.05) is 19.8 Å². The molecule has 0 radical (unpaired) electrons.